The second-order valence-corrected chi connectivity index (χ2v) is 6.15. The van der Waals surface area contributed by atoms with Crippen LogP contribution < -0.4 is 5.32 Å². The number of nitrogens with one attached hydrogen (secondary N) is 1. The predicted octanol–water partition coefficient (Wildman–Crippen LogP) is 2.84. The van der Waals surface area contributed by atoms with Gasteiger partial charge in [-0.3, -0.25) is 4.79 Å². The van der Waals surface area contributed by atoms with Gasteiger partial charge in [-0.2, -0.15) is 0 Å². The van der Waals surface area contributed by atoms with Crippen LogP contribution in [0.5, 0.6) is 0 Å². The van der Waals surface area contributed by atoms with Crippen LogP contribution in [0.1, 0.15) is 44.3 Å². The van der Waals surface area contributed by atoms with Gasteiger partial charge in [-0.25, -0.2) is 0 Å². The number of hydrogen-bond acceptors (Lipinski definition) is 3. The van der Waals surface area contributed by atoms with Crippen molar-refractivity contribution in [2.75, 3.05) is 7.11 Å². The molecular weight excluding hydrogens is 290 g/mol. The highest BCUT2D eigenvalue weighted by atomic mass is 35.5. The van der Waals surface area contributed by atoms with Crippen molar-refractivity contribution in [2.24, 2.45) is 0 Å². The molecule has 2 atom stereocenters. The first kappa shape index (κ1) is 16.3. The lowest BCUT2D eigenvalue weighted by atomic mass is 9.98. The summed E-state index contributed by atoms with van der Waals surface area (Å²) in [5.74, 6) is -0.302. The number of rotatable bonds is 5. The summed E-state index contributed by atoms with van der Waals surface area (Å²) >= 11 is 5.88. The zero-order valence-corrected chi connectivity index (χ0v) is 13.2. The molecule has 0 radical (unpaired) electrons. The minimum atomic E-state index is -1.22. The van der Waals surface area contributed by atoms with Crippen LogP contribution in [0.3, 0.4) is 0 Å². The van der Waals surface area contributed by atoms with Gasteiger partial charge in [0.2, 0.25) is 0 Å². The average molecular weight is 312 g/mol. The Kier molecular flexibility index (Phi) is 5.25. The molecule has 0 saturated heterocycles. The van der Waals surface area contributed by atoms with E-state index < -0.39 is 5.60 Å². The van der Waals surface area contributed by atoms with E-state index in [2.05, 4.69) is 5.32 Å². The second kappa shape index (κ2) is 6.77. The van der Waals surface area contributed by atoms with Crippen LogP contribution in [0.15, 0.2) is 24.3 Å². The zero-order chi connectivity index (χ0) is 15.5. The van der Waals surface area contributed by atoms with Gasteiger partial charge in [-0.15, -0.1) is 0 Å². The summed E-state index contributed by atoms with van der Waals surface area (Å²) in [4.78, 5) is 12.2. The third kappa shape index (κ3) is 3.76. The summed E-state index contributed by atoms with van der Waals surface area (Å²) in [6.45, 7) is 1.87. The number of ether oxygens (including phenoxy) is 1. The molecule has 0 heterocycles. The number of benzene rings is 1. The van der Waals surface area contributed by atoms with Crippen LogP contribution in [0, 0.1) is 0 Å². The number of methoxy groups -OCH3 is 1. The number of hydrogen-bond donors (Lipinski definition) is 2. The lowest BCUT2D eigenvalue weighted by Gasteiger charge is -2.28. The fourth-order valence-corrected chi connectivity index (χ4v) is 3.01. The van der Waals surface area contributed by atoms with E-state index in [1.807, 2.05) is 19.1 Å². The molecule has 1 aromatic carbocycles. The summed E-state index contributed by atoms with van der Waals surface area (Å²) in [7, 11) is 1.60. The van der Waals surface area contributed by atoms with E-state index in [0.29, 0.717) is 17.9 Å². The van der Waals surface area contributed by atoms with Crippen LogP contribution >= 0.6 is 11.6 Å². The Morgan fingerprint density at radius 1 is 1.33 bits per heavy atom. The molecule has 4 nitrogen and oxygen atoms in total. The highest BCUT2D eigenvalue weighted by Crippen LogP contribution is 2.30. The van der Waals surface area contributed by atoms with Crippen molar-refractivity contribution in [1.82, 2.24) is 5.32 Å². The van der Waals surface area contributed by atoms with Gasteiger partial charge in [0.15, 0.2) is 0 Å². The quantitative estimate of drug-likeness (QED) is 0.879. The maximum atomic E-state index is 12.2. The van der Waals surface area contributed by atoms with Crippen LogP contribution in [0.25, 0.3) is 0 Å². The van der Waals surface area contributed by atoms with Crippen LogP contribution in [0.4, 0.5) is 0 Å². The molecule has 1 saturated carbocycles. The third-order valence-corrected chi connectivity index (χ3v) is 4.37. The summed E-state index contributed by atoms with van der Waals surface area (Å²) in [5, 5.41) is 13.8. The van der Waals surface area contributed by atoms with Gasteiger partial charge in [-0.05, 0) is 50.3 Å². The summed E-state index contributed by atoms with van der Waals surface area (Å²) < 4.78 is 5.50. The van der Waals surface area contributed by atoms with E-state index >= 15 is 0 Å². The monoisotopic (exact) mass is 311 g/mol. The maximum Gasteiger partial charge on any atom is 0.252 e. The van der Waals surface area contributed by atoms with E-state index in [0.717, 1.165) is 18.4 Å². The number of halogens is 1. The topological polar surface area (TPSA) is 58.6 Å². The summed E-state index contributed by atoms with van der Waals surface area (Å²) in [5.41, 5.74) is -0.278. The van der Waals surface area contributed by atoms with E-state index in [4.69, 9.17) is 16.3 Å². The molecular formula is C16H22ClNO3. The first-order valence-corrected chi connectivity index (χ1v) is 7.66. The van der Waals surface area contributed by atoms with E-state index in [-0.39, 0.29) is 18.1 Å². The molecule has 1 aromatic rings. The van der Waals surface area contributed by atoms with Crippen molar-refractivity contribution in [3.8, 4) is 0 Å². The molecule has 21 heavy (non-hydrogen) atoms. The Bertz CT molecular complexity index is 483. The molecule has 1 aliphatic rings. The van der Waals surface area contributed by atoms with Crippen molar-refractivity contribution >= 4 is 17.5 Å². The van der Waals surface area contributed by atoms with E-state index in [1.54, 1.807) is 19.2 Å². The predicted molar refractivity (Wildman–Crippen MR) is 82.2 cm³/mol. The molecule has 0 aromatic heterocycles. The van der Waals surface area contributed by atoms with Gasteiger partial charge in [0.25, 0.3) is 5.91 Å². The number of amides is 1. The van der Waals surface area contributed by atoms with Gasteiger partial charge in [0, 0.05) is 12.1 Å². The Hall–Kier alpha value is -1.10. The van der Waals surface area contributed by atoms with Crippen LogP contribution in [-0.4, -0.2) is 29.8 Å². The van der Waals surface area contributed by atoms with Crippen molar-refractivity contribution < 1.29 is 14.6 Å². The summed E-state index contributed by atoms with van der Waals surface area (Å²) in [6.07, 6.45) is 2.57. The Morgan fingerprint density at radius 2 is 1.90 bits per heavy atom. The van der Waals surface area contributed by atoms with Crippen LogP contribution in [-0.2, 0) is 9.53 Å². The van der Waals surface area contributed by atoms with E-state index in [1.165, 1.54) is 0 Å². The van der Waals surface area contributed by atoms with Gasteiger partial charge < -0.3 is 15.2 Å². The Labute approximate surface area is 130 Å². The van der Waals surface area contributed by atoms with Crippen LogP contribution in [0.2, 0.25) is 5.02 Å². The molecule has 1 aliphatic carbocycles. The van der Waals surface area contributed by atoms with Crippen molar-refractivity contribution in [3.05, 3.63) is 34.9 Å². The Morgan fingerprint density at radius 3 is 2.43 bits per heavy atom. The Balaban J connectivity index is 2.04. The molecule has 2 N–H and O–H groups in total. The molecule has 2 unspecified atom stereocenters. The van der Waals surface area contributed by atoms with Crippen molar-refractivity contribution in [2.45, 2.75) is 50.4 Å². The minimum absolute atomic E-state index is 0.242. The molecule has 0 spiro atoms. The molecule has 0 bridgehead atoms. The fourth-order valence-electron chi connectivity index (χ4n) is 2.89. The largest absolute Gasteiger partial charge is 0.380 e. The van der Waals surface area contributed by atoms with Gasteiger partial charge >= 0.3 is 0 Å². The highest BCUT2D eigenvalue weighted by Gasteiger charge is 2.39. The molecule has 0 aliphatic heterocycles. The number of carbonyl (C=O) groups is 1. The lowest BCUT2D eigenvalue weighted by Crippen LogP contribution is -2.49. The minimum Gasteiger partial charge on any atom is -0.380 e. The smallest absolute Gasteiger partial charge is 0.252 e. The molecule has 1 fully saturated rings. The molecule has 1 amide bonds. The van der Waals surface area contributed by atoms with Gasteiger partial charge in [-0.1, -0.05) is 23.7 Å². The second-order valence-electron chi connectivity index (χ2n) is 5.71. The van der Waals surface area contributed by atoms with E-state index in [9.17, 15) is 9.90 Å². The number of carbonyl (C=O) groups excluding carboxylic acids is 1. The average Bonchev–Trinajstić information content (AvgIpc) is 2.90. The fraction of sp³-hybridized carbons (Fsp3) is 0.562. The van der Waals surface area contributed by atoms with Crippen molar-refractivity contribution in [3.63, 3.8) is 0 Å². The van der Waals surface area contributed by atoms with Crippen molar-refractivity contribution in [1.29, 1.82) is 0 Å². The van der Waals surface area contributed by atoms with Gasteiger partial charge in [0.05, 0.1) is 6.04 Å². The summed E-state index contributed by atoms with van der Waals surface area (Å²) in [6, 6.07) is 7.10. The SMILES string of the molecule is COC(c1ccc(Cl)cc1)C(C)NC(=O)C1(O)CCCC1. The first-order chi connectivity index (χ1) is 9.96. The lowest BCUT2D eigenvalue weighted by molar-refractivity contribution is -0.140. The van der Waals surface area contributed by atoms with Gasteiger partial charge in [0.1, 0.15) is 11.7 Å². The highest BCUT2D eigenvalue weighted by molar-refractivity contribution is 6.30. The molecule has 5 heteroatoms. The first-order valence-electron chi connectivity index (χ1n) is 7.28. The number of aliphatic hydroxyl groups is 1. The standard InChI is InChI=1S/C16H22ClNO3/c1-11(18-15(19)16(20)9-3-4-10-16)14(21-2)12-5-7-13(17)8-6-12/h5-8,11,14,20H,3-4,9-10H2,1-2H3,(H,18,19). The third-order valence-electron chi connectivity index (χ3n) is 4.12. The molecule has 116 valence electrons. The molecule has 2 rings (SSSR count). The zero-order valence-electron chi connectivity index (χ0n) is 12.4. The normalized spacial score (nSPS) is 20.0. The maximum absolute atomic E-state index is 12.2.